The third kappa shape index (κ3) is 4.04. The Balaban J connectivity index is 1.88. The molecule has 0 aliphatic heterocycles. The van der Waals surface area contributed by atoms with Gasteiger partial charge in [-0.15, -0.1) is 11.3 Å². The molecule has 0 fully saturated rings. The number of fused-ring (bicyclic) bond motifs is 1. The number of non-ortho nitro benzene ring substituents is 1. The van der Waals surface area contributed by atoms with Crippen LogP contribution in [0.15, 0.2) is 47.8 Å². The van der Waals surface area contributed by atoms with Crippen molar-refractivity contribution in [3.63, 3.8) is 0 Å². The number of anilines is 1. The minimum atomic E-state index is -0.690. The van der Waals surface area contributed by atoms with Crippen molar-refractivity contribution >= 4 is 38.9 Å². The Morgan fingerprint density at radius 1 is 1.26 bits per heavy atom. The first-order valence-corrected chi connectivity index (χ1v) is 8.77. The highest BCUT2D eigenvalue weighted by molar-refractivity contribution is 7.17. The van der Waals surface area contributed by atoms with Crippen LogP contribution in [-0.2, 0) is 4.74 Å². The summed E-state index contributed by atoms with van der Waals surface area (Å²) in [6, 6.07) is 9.84. The van der Waals surface area contributed by atoms with Crippen LogP contribution in [0.25, 0.3) is 10.1 Å². The third-order valence-corrected chi connectivity index (χ3v) is 4.81. The first-order chi connectivity index (χ1) is 13.0. The molecule has 0 saturated carbocycles. The number of hydrogen-bond acceptors (Lipinski definition) is 6. The maximum absolute atomic E-state index is 14.0. The number of nitro benzene ring substituents is 1. The Hall–Kier alpha value is -3.04. The summed E-state index contributed by atoms with van der Waals surface area (Å²) < 4.78 is 24.8. The average Bonchev–Trinajstić information content (AvgIpc) is 3.08. The van der Waals surface area contributed by atoms with Crippen LogP contribution in [0.1, 0.15) is 0 Å². The summed E-state index contributed by atoms with van der Waals surface area (Å²) in [5.41, 5.74) is 0.406. The lowest BCUT2D eigenvalue weighted by molar-refractivity contribution is -0.384. The van der Waals surface area contributed by atoms with Gasteiger partial charge in [0.25, 0.3) is 5.69 Å². The molecule has 1 aromatic heterocycles. The lowest BCUT2D eigenvalue weighted by Crippen LogP contribution is -2.36. The number of rotatable bonds is 6. The van der Waals surface area contributed by atoms with E-state index in [0.29, 0.717) is 15.8 Å². The summed E-state index contributed by atoms with van der Waals surface area (Å²) in [5.74, 6) is -0.196. The second-order valence-electron chi connectivity index (χ2n) is 5.50. The van der Waals surface area contributed by atoms with Gasteiger partial charge in [-0.3, -0.25) is 15.0 Å². The predicted molar refractivity (Wildman–Crippen MR) is 100 cm³/mol. The van der Waals surface area contributed by atoms with Crippen molar-refractivity contribution in [3.8, 4) is 5.75 Å². The van der Waals surface area contributed by atoms with E-state index in [4.69, 9.17) is 9.47 Å². The normalized spacial score (nSPS) is 10.7. The summed E-state index contributed by atoms with van der Waals surface area (Å²) in [5, 5.41) is 13.0. The van der Waals surface area contributed by atoms with E-state index in [1.54, 1.807) is 17.5 Å². The quantitative estimate of drug-likeness (QED) is 0.454. The second kappa shape index (κ2) is 8.11. The SMILES string of the molecule is COCCN(C(=O)Oc1ccc([N+](=O)[O-])cc1)c1csc2c(F)cccc12. The molecule has 0 aliphatic carbocycles. The molecule has 0 atom stereocenters. The minimum Gasteiger partial charge on any atom is -0.410 e. The Morgan fingerprint density at radius 2 is 2.00 bits per heavy atom. The molecule has 9 heteroatoms. The average molecular weight is 390 g/mol. The maximum atomic E-state index is 14.0. The maximum Gasteiger partial charge on any atom is 0.419 e. The van der Waals surface area contributed by atoms with Crippen molar-refractivity contribution in [1.29, 1.82) is 0 Å². The summed E-state index contributed by atoms with van der Waals surface area (Å²) in [4.78, 5) is 24.2. The predicted octanol–water partition coefficient (Wildman–Crippen LogP) is 4.60. The number of nitrogens with zero attached hydrogens (tertiary/aromatic N) is 2. The van der Waals surface area contributed by atoms with Crippen molar-refractivity contribution in [2.45, 2.75) is 0 Å². The van der Waals surface area contributed by atoms with Gasteiger partial charge in [-0.1, -0.05) is 12.1 Å². The summed E-state index contributed by atoms with van der Waals surface area (Å²) >= 11 is 1.19. The zero-order valence-electron chi connectivity index (χ0n) is 14.3. The molecule has 1 heterocycles. The van der Waals surface area contributed by atoms with Crippen LogP contribution in [0.4, 0.5) is 20.6 Å². The number of carbonyl (C=O) groups is 1. The summed E-state index contributed by atoms with van der Waals surface area (Å²) in [6.45, 7) is 0.451. The lowest BCUT2D eigenvalue weighted by Gasteiger charge is -2.21. The molecule has 0 N–H and O–H groups in total. The smallest absolute Gasteiger partial charge is 0.410 e. The standard InChI is InChI=1S/C18H15FN2O5S/c1-25-10-9-20(16-11-27-17-14(16)3-2-4-15(17)19)18(22)26-13-7-5-12(6-8-13)21(23)24/h2-8,11H,9-10H2,1H3. The Kier molecular flexibility index (Phi) is 5.63. The molecule has 0 spiro atoms. The molecule has 2 aromatic carbocycles. The van der Waals surface area contributed by atoms with Crippen molar-refractivity contribution in [3.05, 3.63) is 63.8 Å². The Bertz CT molecular complexity index is 974. The molecule has 3 aromatic rings. The van der Waals surface area contributed by atoms with Gasteiger partial charge in [0, 0.05) is 30.0 Å². The second-order valence-corrected chi connectivity index (χ2v) is 6.38. The van der Waals surface area contributed by atoms with Crippen LogP contribution in [0.2, 0.25) is 0 Å². The number of amides is 1. The highest BCUT2D eigenvalue weighted by atomic mass is 32.1. The molecule has 3 rings (SSSR count). The van der Waals surface area contributed by atoms with E-state index in [9.17, 15) is 19.3 Å². The van der Waals surface area contributed by atoms with E-state index in [1.807, 2.05) is 0 Å². The fourth-order valence-electron chi connectivity index (χ4n) is 2.50. The number of halogens is 1. The van der Waals surface area contributed by atoms with Gasteiger partial charge in [-0.25, -0.2) is 9.18 Å². The molecule has 140 valence electrons. The van der Waals surface area contributed by atoms with Crippen molar-refractivity contribution in [2.75, 3.05) is 25.2 Å². The van der Waals surface area contributed by atoms with E-state index in [-0.39, 0.29) is 30.4 Å². The van der Waals surface area contributed by atoms with E-state index >= 15 is 0 Å². The van der Waals surface area contributed by atoms with Gasteiger partial charge in [0.2, 0.25) is 0 Å². The summed E-state index contributed by atoms with van der Waals surface area (Å²) in [7, 11) is 1.51. The first kappa shape index (κ1) is 18.7. The van der Waals surface area contributed by atoms with Crippen molar-refractivity contribution in [2.24, 2.45) is 0 Å². The number of nitro groups is 1. The van der Waals surface area contributed by atoms with Crippen LogP contribution in [0.3, 0.4) is 0 Å². The summed E-state index contributed by atoms with van der Waals surface area (Å²) in [6.07, 6.45) is -0.690. The van der Waals surface area contributed by atoms with Gasteiger partial charge >= 0.3 is 6.09 Å². The molecule has 0 saturated heterocycles. The molecule has 1 amide bonds. The number of hydrogen-bond donors (Lipinski definition) is 0. The van der Waals surface area contributed by atoms with E-state index < -0.39 is 11.0 Å². The van der Waals surface area contributed by atoms with Crippen LogP contribution in [-0.4, -0.2) is 31.3 Å². The van der Waals surface area contributed by atoms with Crippen molar-refractivity contribution < 1.29 is 23.6 Å². The largest absolute Gasteiger partial charge is 0.419 e. The van der Waals surface area contributed by atoms with Gasteiger partial charge in [0.05, 0.1) is 28.5 Å². The fraction of sp³-hybridized carbons (Fsp3) is 0.167. The Morgan fingerprint density at radius 3 is 2.67 bits per heavy atom. The molecule has 27 heavy (non-hydrogen) atoms. The topological polar surface area (TPSA) is 81.9 Å². The van der Waals surface area contributed by atoms with Crippen LogP contribution in [0, 0.1) is 15.9 Å². The monoisotopic (exact) mass is 390 g/mol. The lowest BCUT2D eigenvalue weighted by atomic mass is 10.2. The molecule has 0 aliphatic rings. The van der Waals surface area contributed by atoms with Crippen molar-refractivity contribution in [1.82, 2.24) is 0 Å². The van der Waals surface area contributed by atoms with Gasteiger partial charge in [-0.2, -0.15) is 0 Å². The zero-order valence-corrected chi connectivity index (χ0v) is 15.1. The Labute approximate surface area is 157 Å². The third-order valence-electron chi connectivity index (χ3n) is 3.81. The van der Waals surface area contributed by atoms with Crippen LogP contribution >= 0.6 is 11.3 Å². The number of ether oxygens (including phenoxy) is 2. The van der Waals surface area contributed by atoms with Crippen LogP contribution < -0.4 is 9.64 Å². The van der Waals surface area contributed by atoms with E-state index in [0.717, 1.165) is 0 Å². The van der Waals surface area contributed by atoms with E-state index in [2.05, 4.69) is 0 Å². The van der Waals surface area contributed by atoms with Gasteiger partial charge in [0.15, 0.2) is 0 Å². The molecule has 0 unspecified atom stereocenters. The number of methoxy groups -OCH3 is 1. The number of thiophene rings is 1. The highest BCUT2D eigenvalue weighted by Gasteiger charge is 2.22. The highest BCUT2D eigenvalue weighted by Crippen LogP contribution is 2.35. The first-order valence-electron chi connectivity index (χ1n) is 7.89. The molecular formula is C18H15FN2O5S. The molecule has 0 bridgehead atoms. The zero-order chi connectivity index (χ0) is 19.4. The van der Waals surface area contributed by atoms with Gasteiger partial charge in [0.1, 0.15) is 11.6 Å². The van der Waals surface area contributed by atoms with E-state index in [1.165, 1.54) is 53.7 Å². The molecular weight excluding hydrogens is 375 g/mol. The fourth-order valence-corrected chi connectivity index (χ4v) is 3.47. The molecule has 7 nitrogen and oxygen atoms in total. The number of carbonyl (C=O) groups excluding carboxylic acids is 1. The molecule has 0 radical (unpaired) electrons. The van der Waals surface area contributed by atoms with Gasteiger partial charge in [-0.05, 0) is 18.2 Å². The minimum absolute atomic E-state index is 0.106. The van der Waals surface area contributed by atoms with Crippen LogP contribution in [0.5, 0.6) is 5.75 Å². The number of benzene rings is 2. The van der Waals surface area contributed by atoms with Gasteiger partial charge < -0.3 is 9.47 Å².